The van der Waals surface area contributed by atoms with E-state index >= 15 is 0 Å². The van der Waals surface area contributed by atoms with Crippen LogP contribution in [0.4, 0.5) is 5.69 Å². The van der Waals surface area contributed by atoms with E-state index in [9.17, 15) is 13.2 Å². The number of aryl methyl sites for hydroxylation is 1. The number of sulfonamides is 1. The molecule has 4 aromatic carbocycles. The fourth-order valence-corrected chi connectivity index (χ4v) is 5.59. The number of amides is 1. The Hall–Kier alpha value is -4.10. The molecule has 0 aromatic heterocycles. The van der Waals surface area contributed by atoms with Crippen molar-refractivity contribution in [3.8, 4) is 5.75 Å². The van der Waals surface area contributed by atoms with Crippen molar-refractivity contribution >= 4 is 21.6 Å². The van der Waals surface area contributed by atoms with Crippen LogP contribution in [0.15, 0.2) is 114 Å². The third-order valence-corrected chi connectivity index (χ3v) is 8.09. The van der Waals surface area contributed by atoms with Gasteiger partial charge in [0.25, 0.3) is 15.9 Å². The number of rotatable bonds is 11. The zero-order chi connectivity index (χ0) is 27.0. The van der Waals surface area contributed by atoms with E-state index in [-0.39, 0.29) is 24.0 Å². The van der Waals surface area contributed by atoms with E-state index < -0.39 is 10.0 Å². The zero-order valence-electron chi connectivity index (χ0n) is 21.7. The summed E-state index contributed by atoms with van der Waals surface area (Å²) in [5.41, 5.74) is 3.60. The highest BCUT2D eigenvalue weighted by molar-refractivity contribution is 7.92. The molecule has 4 rings (SSSR count). The summed E-state index contributed by atoms with van der Waals surface area (Å²) in [6, 6.07) is 33.3. The summed E-state index contributed by atoms with van der Waals surface area (Å²) < 4.78 is 33.6. The molecule has 6 nitrogen and oxygen atoms in total. The van der Waals surface area contributed by atoms with Gasteiger partial charge in [0.2, 0.25) is 0 Å². The molecule has 0 bridgehead atoms. The topological polar surface area (TPSA) is 66.9 Å². The van der Waals surface area contributed by atoms with Gasteiger partial charge in [-0.25, -0.2) is 8.42 Å². The monoisotopic (exact) mass is 528 g/mol. The average Bonchev–Trinajstić information content (AvgIpc) is 2.94. The lowest BCUT2D eigenvalue weighted by molar-refractivity contribution is -0.134. The first kappa shape index (κ1) is 26.9. The van der Waals surface area contributed by atoms with Crippen LogP contribution in [0, 0.1) is 6.92 Å². The first-order valence-corrected chi connectivity index (χ1v) is 14.0. The maximum atomic E-state index is 13.2. The number of carbonyl (C=O) groups is 1. The molecule has 0 saturated carbocycles. The van der Waals surface area contributed by atoms with Crippen LogP contribution in [0.25, 0.3) is 0 Å². The Kier molecular flexibility index (Phi) is 8.81. The maximum Gasteiger partial charge on any atom is 0.264 e. The Morgan fingerprint density at radius 1 is 0.737 bits per heavy atom. The summed E-state index contributed by atoms with van der Waals surface area (Å²) in [6.45, 7) is 4.81. The van der Waals surface area contributed by atoms with Crippen molar-refractivity contribution in [3.05, 3.63) is 126 Å². The maximum absolute atomic E-state index is 13.2. The van der Waals surface area contributed by atoms with E-state index in [0.717, 1.165) is 16.7 Å². The first-order valence-electron chi connectivity index (χ1n) is 12.5. The molecule has 0 aliphatic carbocycles. The smallest absolute Gasteiger partial charge is 0.264 e. The van der Waals surface area contributed by atoms with Gasteiger partial charge in [0.15, 0.2) is 6.61 Å². The number of nitrogens with zero attached hydrogens (tertiary/aromatic N) is 2. The van der Waals surface area contributed by atoms with Gasteiger partial charge in [0.1, 0.15) is 5.75 Å². The fraction of sp³-hybridized carbons (Fsp3) is 0.194. The molecule has 0 unspecified atom stereocenters. The molecule has 0 aliphatic rings. The van der Waals surface area contributed by atoms with Crippen LogP contribution in [0.2, 0.25) is 0 Å². The summed E-state index contributed by atoms with van der Waals surface area (Å²) in [6.07, 6.45) is 0. The molecule has 0 atom stereocenters. The van der Waals surface area contributed by atoms with Crippen molar-refractivity contribution in [3.63, 3.8) is 0 Å². The Bertz CT molecular complexity index is 1380. The van der Waals surface area contributed by atoms with Gasteiger partial charge in [-0.2, -0.15) is 0 Å². The highest BCUT2D eigenvalue weighted by Crippen LogP contribution is 2.26. The minimum atomic E-state index is -3.70. The lowest BCUT2D eigenvalue weighted by Gasteiger charge is -2.24. The Morgan fingerprint density at radius 3 is 1.76 bits per heavy atom. The molecule has 0 saturated heterocycles. The number of benzene rings is 4. The van der Waals surface area contributed by atoms with Crippen LogP contribution in [0.3, 0.4) is 0 Å². The van der Waals surface area contributed by atoms with Crippen molar-refractivity contribution in [1.29, 1.82) is 0 Å². The van der Waals surface area contributed by atoms with Crippen LogP contribution in [0.5, 0.6) is 5.75 Å². The third kappa shape index (κ3) is 6.81. The second kappa shape index (κ2) is 12.4. The summed E-state index contributed by atoms with van der Waals surface area (Å²) >= 11 is 0. The normalized spacial score (nSPS) is 11.1. The number of carbonyl (C=O) groups excluding carboxylic acids is 1. The number of hydrogen-bond acceptors (Lipinski definition) is 4. The van der Waals surface area contributed by atoms with Gasteiger partial charge < -0.3 is 9.64 Å². The molecular formula is C31H32N2O4S. The molecule has 0 heterocycles. The van der Waals surface area contributed by atoms with E-state index in [1.807, 2.05) is 67.6 Å². The van der Waals surface area contributed by atoms with Gasteiger partial charge in [0.05, 0.1) is 10.6 Å². The Morgan fingerprint density at radius 2 is 1.26 bits per heavy atom. The Labute approximate surface area is 225 Å². The summed E-state index contributed by atoms with van der Waals surface area (Å²) in [5, 5.41) is 0. The molecule has 0 N–H and O–H groups in total. The largest absolute Gasteiger partial charge is 0.484 e. The number of hydrogen-bond donors (Lipinski definition) is 0. The highest BCUT2D eigenvalue weighted by Gasteiger charge is 2.23. The van der Waals surface area contributed by atoms with Crippen molar-refractivity contribution in [1.82, 2.24) is 4.90 Å². The lowest BCUT2D eigenvalue weighted by atomic mass is 10.1. The van der Waals surface area contributed by atoms with Crippen LogP contribution >= 0.6 is 0 Å². The van der Waals surface area contributed by atoms with Crippen LogP contribution in [0.1, 0.15) is 23.6 Å². The summed E-state index contributed by atoms with van der Waals surface area (Å²) in [5.74, 6) is 0.351. The SMILES string of the molecule is CCN(c1ccc(OCC(=O)N(Cc2ccccc2)Cc2ccccc2)cc1)S(=O)(=O)c1ccc(C)cc1. The third-order valence-electron chi connectivity index (χ3n) is 6.17. The molecule has 7 heteroatoms. The number of ether oxygens (including phenoxy) is 1. The predicted molar refractivity (Wildman–Crippen MR) is 150 cm³/mol. The van der Waals surface area contributed by atoms with Gasteiger partial charge in [-0.3, -0.25) is 9.10 Å². The second-order valence-electron chi connectivity index (χ2n) is 8.99. The van der Waals surface area contributed by atoms with Gasteiger partial charge in [-0.05, 0) is 61.4 Å². The van der Waals surface area contributed by atoms with Gasteiger partial charge in [0, 0.05) is 19.6 Å². The molecule has 0 fully saturated rings. The van der Waals surface area contributed by atoms with E-state index in [4.69, 9.17) is 4.74 Å². The fourth-order valence-electron chi connectivity index (χ4n) is 4.11. The van der Waals surface area contributed by atoms with Crippen LogP contribution in [-0.2, 0) is 27.9 Å². The minimum Gasteiger partial charge on any atom is -0.484 e. The van der Waals surface area contributed by atoms with Crippen molar-refractivity contribution in [2.24, 2.45) is 0 Å². The minimum absolute atomic E-state index is 0.127. The lowest BCUT2D eigenvalue weighted by Crippen LogP contribution is -2.34. The van der Waals surface area contributed by atoms with Gasteiger partial charge in [-0.15, -0.1) is 0 Å². The van der Waals surface area contributed by atoms with Gasteiger partial charge >= 0.3 is 0 Å². The average molecular weight is 529 g/mol. The summed E-state index contributed by atoms with van der Waals surface area (Å²) in [7, 11) is -3.70. The molecule has 0 radical (unpaired) electrons. The van der Waals surface area contributed by atoms with E-state index in [1.165, 1.54) is 4.31 Å². The molecule has 196 valence electrons. The Balaban J connectivity index is 1.44. The van der Waals surface area contributed by atoms with Crippen molar-refractivity contribution in [2.45, 2.75) is 31.8 Å². The van der Waals surface area contributed by atoms with Crippen LogP contribution in [-0.4, -0.2) is 32.4 Å². The molecule has 1 amide bonds. The van der Waals surface area contributed by atoms with Crippen LogP contribution < -0.4 is 9.04 Å². The number of anilines is 1. The molecule has 38 heavy (non-hydrogen) atoms. The van der Waals surface area contributed by atoms with E-state index in [0.29, 0.717) is 24.5 Å². The predicted octanol–water partition coefficient (Wildman–Crippen LogP) is 5.82. The van der Waals surface area contributed by atoms with Crippen molar-refractivity contribution < 1.29 is 17.9 Å². The quantitative estimate of drug-likeness (QED) is 0.246. The first-order chi connectivity index (χ1) is 18.4. The van der Waals surface area contributed by atoms with E-state index in [1.54, 1.807) is 60.4 Å². The zero-order valence-corrected chi connectivity index (χ0v) is 22.5. The molecule has 0 spiro atoms. The summed E-state index contributed by atoms with van der Waals surface area (Å²) in [4.78, 5) is 15.2. The molecule has 4 aromatic rings. The molecule has 0 aliphatic heterocycles. The van der Waals surface area contributed by atoms with Gasteiger partial charge in [-0.1, -0.05) is 78.4 Å². The second-order valence-corrected chi connectivity index (χ2v) is 10.8. The standard InChI is InChI=1S/C31H32N2O4S/c1-3-33(38(35,36)30-20-14-25(2)15-21-30)28-16-18-29(19-17-28)37-24-31(34)32(22-26-10-6-4-7-11-26)23-27-12-8-5-9-13-27/h4-21H,3,22-24H2,1-2H3. The molecular weight excluding hydrogens is 496 g/mol. The highest BCUT2D eigenvalue weighted by atomic mass is 32.2. The van der Waals surface area contributed by atoms with E-state index in [2.05, 4.69) is 0 Å². The van der Waals surface area contributed by atoms with Crippen molar-refractivity contribution in [2.75, 3.05) is 17.5 Å².